The molecule has 2 rings (SSSR count). The van der Waals surface area contributed by atoms with Gasteiger partial charge in [-0.15, -0.1) is 0 Å². The maximum Gasteiger partial charge on any atom is 0.251 e. The van der Waals surface area contributed by atoms with Crippen molar-refractivity contribution in [1.29, 1.82) is 0 Å². The third-order valence-corrected chi connectivity index (χ3v) is 3.29. The van der Waals surface area contributed by atoms with Crippen molar-refractivity contribution in [3.05, 3.63) is 46.2 Å². The van der Waals surface area contributed by atoms with E-state index in [-0.39, 0.29) is 6.04 Å². The third-order valence-electron chi connectivity index (χ3n) is 2.61. The zero-order valence-electron chi connectivity index (χ0n) is 9.80. The Hall–Kier alpha value is -1.66. The number of aromatic nitrogens is 2. The molecule has 5 nitrogen and oxygen atoms in total. The highest BCUT2D eigenvalue weighted by Crippen LogP contribution is 2.24. The maximum atomic E-state index is 11.0. The minimum Gasteiger partial charge on any atom is -0.366 e. The van der Waals surface area contributed by atoms with Gasteiger partial charge >= 0.3 is 0 Å². The number of hydrogen-bond acceptors (Lipinski definition) is 3. The van der Waals surface area contributed by atoms with Crippen LogP contribution in [-0.2, 0) is 0 Å². The monoisotopic (exact) mass is 308 g/mol. The lowest BCUT2D eigenvalue weighted by atomic mass is 10.1. The Balaban J connectivity index is 2.39. The van der Waals surface area contributed by atoms with Crippen molar-refractivity contribution in [3.8, 4) is 5.69 Å². The molecule has 0 bridgehead atoms. The smallest absolute Gasteiger partial charge is 0.251 e. The minimum absolute atomic E-state index is 0.0489. The van der Waals surface area contributed by atoms with E-state index < -0.39 is 5.91 Å². The Morgan fingerprint density at radius 3 is 2.72 bits per heavy atom. The summed E-state index contributed by atoms with van der Waals surface area (Å²) in [5.74, 6) is -0.493. The van der Waals surface area contributed by atoms with Gasteiger partial charge < -0.3 is 11.5 Å². The lowest BCUT2D eigenvalue weighted by Crippen LogP contribution is -2.09. The zero-order valence-corrected chi connectivity index (χ0v) is 11.4. The molecule has 6 heteroatoms. The summed E-state index contributed by atoms with van der Waals surface area (Å²) in [4.78, 5) is 11.0. The number of benzene rings is 1. The molecule has 1 aromatic carbocycles. The lowest BCUT2D eigenvalue weighted by molar-refractivity contribution is 0.100. The molecule has 0 radical (unpaired) electrons. The molecule has 0 saturated heterocycles. The van der Waals surface area contributed by atoms with Gasteiger partial charge in [-0.2, -0.15) is 5.10 Å². The number of nitrogens with two attached hydrogens (primary N) is 2. The number of hydrogen-bond donors (Lipinski definition) is 2. The second kappa shape index (κ2) is 4.91. The minimum atomic E-state index is -0.493. The van der Waals surface area contributed by atoms with Crippen molar-refractivity contribution in [2.45, 2.75) is 13.0 Å². The first-order chi connectivity index (χ1) is 8.49. The molecule has 1 aromatic heterocycles. The molecule has 0 fully saturated rings. The predicted octanol–water partition coefficient (Wildman–Crippen LogP) is 1.75. The number of amides is 1. The van der Waals surface area contributed by atoms with E-state index in [1.165, 1.54) is 6.20 Å². The van der Waals surface area contributed by atoms with Gasteiger partial charge in [0.15, 0.2) is 0 Å². The molecule has 0 saturated carbocycles. The van der Waals surface area contributed by atoms with Gasteiger partial charge in [0.05, 0.1) is 17.4 Å². The Labute approximate surface area is 113 Å². The zero-order chi connectivity index (χ0) is 13.3. The molecule has 1 amide bonds. The summed E-state index contributed by atoms with van der Waals surface area (Å²) in [7, 11) is 0. The summed E-state index contributed by atoms with van der Waals surface area (Å²) in [6.07, 6.45) is 3.03. The summed E-state index contributed by atoms with van der Waals surface area (Å²) in [6, 6.07) is 5.67. The van der Waals surface area contributed by atoms with Gasteiger partial charge in [0.1, 0.15) is 0 Å². The first-order valence-corrected chi connectivity index (χ1v) is 6.18. The average Bonchev–Trinajstić information content (AvgIpc) is 2.77. The predicted molar refractivity (Wildman–Crippen MR) is 72.4 cm³/mol. The largest absolute Gasteiger partial charge is 0.366 e. The standard InChI is InChI=1S/C12H13BrN4O/c1-7(14)10-3-2-9(4-11(10)13)17-6-8(5-16-17)12(15)18/h2-7H,14H2,1H3,(H2,15,18). The van der Waals surface area contributed by atoms with E-state index in [4.69, 9.17) is 11.5 Å². The third kappa shape index (κ3) is 2.44. The molecule has 1 atom stereocenters. The molecule has 18 heavy (non-hydrogen) atoms. The number of carbonyl (C=O) groups is 1. The Morgan fingerprint density at radius 2 is 2.22 bits per heavy atom. The van der Waals surface area contributed by atoms with Crippen LogP contribution in [0.15, 0.2) is 35.1 Å². The molecule has 0 aliphatic heterocycles. The van der Waals surface area contributed by atoms with Crippen LogP contribution in [0.4, 0.5) is 0 Å². The van der Waals surface area contributed by atoms with Crippen LogP contribution in [0, 0.1) is 0 Å². The molecule has 1 unspecified atom stereocenters. The number of rotatable bonds is 3. The van der Waals surface area contributed by atoms with E-state index in [1.807, 2.05) is 25.1 Å². The fourth-order valence-corrected chi connectivity index (χ4v) is 2.35. The number of primary amides is 1. The van der Waals surface area contributed by atoms with E-state index in [2.05, 4.69) is 21.0 Å². The summed E-state index contributed by atoms with van der Waals surface area (Å²) in [5, 5.41) is 4.09. The second-order valence-electron chi connectivity index (χ2n) is 4.03. The molecule has 1 heterocycles. The van der Waals surface area contributed by atoms with Crippen LogP contribution in [0.5, 0.6) is 0 Å². The van der Waals surface area contributed by atoms with E-state index in [0.717, 1.165) is 15.7 Å². The SMILES string of the molecule is CC(N)c1ccc(-n2cc(C(N)=O)cn2)cc1Br. The number of nitrogens with zero attached hydrogens (tertiary/aromatic N) is 2. The summed E-state index contributed by atoms with van der Waals surface area (Å²) in [6.45, 7) is 1.92. The van der Waals surface area contributed by atoms with E-state index in [1.54, 1.807) is 10.9 Å². The molecule has 4 N–H and O–H groups in total. The van der Waals surface area contributed by atoms with Crippen LogP contribution in [0.25, 0.3) is 5.69 Å². The summed E-state index contributed by atoms with van der Waals surface area (Å²) < 4.78 is 2.50. The Kier molecular flexibility index (Phi) is 3.49. The molecule has 0 aliphatic rings. The molecular weight excluding hydrogens is 296 g/mol. The van der Waals surface area contributed by atoms with Crippen LogP contribution in [0.3, 0.4) is 0 Å². The van der Waals surface area contributed by atoms with Crippen molar-refractivity contribution in [1.82, 2.24) is 9.78 Å². The quantitative estimate of drug-likeness (QED) is 0.905. The fraction of sp³-hybridized carbons (Fsp3) is 0.167. The van der Waals surface area contributed by atoms with Gasteiger partial charge in [0.25, 0.3) is 5.91 Å². The second-order valence-corrected chi connectivity index (χ2v) is 4.89. The van der Waals surface area contributed by atoms with Crippen LogP contribution < -0.4 is 11.5 Å². The van der Waals surface area contributed by atoms with Gasteiger partial charge in [-0.05, 0) is 24.6 Å². The Bertz CT molecular complexity index is 592. The van der Waals surface area contributed by atoms with Crippen LogP contribution >= 0.6 is 15.9 Å². The highest BCUT2D eigenvalue weighted by molar-refractivity contribution is 9.10. The van der Waals surface area contributed by atoms with Crippen molar-refractivity contribution in [2.24, 2.45) is 11.5 Å². The molecule has 0 spiro atoms. The Morgan fingerprint density at radius 1 is 1.50 bits per heavy atom. The van der Waals surface area contributed by atoms with Gasteiger partial charge in [0.2, 0.25) is 0 Å². The number of halogens is 1. The van der Waals surface area contributed by atoms with E-state index in [0.29, 0.717) is 5.56 Å². The highest BCUT2D eigenvalue weighted by Gasteiger charge is 2.09. The van der Waals surface area contributed by atoms with Crippen molar-refractivity contribution in [2.75, 3.05) is 0 Å². The van der Waals surface area contributed by atoms with E-state index in [9.17, 15) is 4.79 Å². The van der Waals surface area contributed by atoms with Crippen LogP contribution in [0.2, 0.25) is 0 Å². The summed E-state index contributed by atoms with van der Waals surface area (Å²) >= 11 is 3.47. The lowest BCUT2D eigenvalue weighted by Gasteiger charge is -2.10. The first-order valence-electron chi connectivity index (χ1n) is 5.39. The fourth-order valence-electron chi connectivity index (χ4n) is 1.62. The van der Waals surface area contributed by atoms with Gasteiger partial charge in [-0.1, -0.05) is 22.0 Å². The molecular formula is C12H13BrN4O. The van der Waals surface area contributed by atoms with Crippen molar-refractivity contribution in [3.63, 3.8) is 0 Å². The van der Waals surface area contributed by atoms with Crippen LogP contribution in [0.1, 0.15) is 28.9 Å². The molecule has 0 aliphatic carbocycles. The van der Waals surface area contributed by atoms with Crippen molar-refractivity contribution >= 4 is 21.8 Å². The van der Waals surface area contributed by atoms with Gasteiger partial charge in [-0.25, -0.2) is 4.68 Å². The molecule has 2 aromatic rings. The first kappa shape index (κ1) is 12.8. The van der Waals surface area contributed by atoms with Crippen molar-refractivity contribution < 1.29 is 4.79 Å². The van der Waals surface area contributed by atoms with Crippen LogP contribution in [-0.4, -0.2) is 15.7 Å². The van der Waals surface area contributed by atoms with Gasteiger partial charge in [0, 0.05) is 16.7 Å². The van der Waals surface area contributed by atoms with Gasteiger partial charge in [-0.3, -0.25) is 4.79 Å². The van der Waals surface area contributed by atoms with E-state index >= 15 is 0 Å². The normalized spacial score (nSPS) is 12.4. The highest BCUT2D eigenvalue weighted by atomic mass is 79.9. The molecule has 94 valence electrons. The number of carbonyl (C=O) groups excluding carboxylic acids is 1. The summed E-state index contributed by atoms with van der Waals surface area (Å²) in [5.41, 5.74) is 13.2. The maximum absolute atomic E-state index is 11.0. The average molecular weight is 309 g/mol. The topological polar surface area (TPSA) is 86.9 Å².